The fraction of sp³-hybridized carbons (Fsp3) is 0.160. The van der Waals surface area contributed by atoms with Crippen LogP contribution in [0.2, 0.25) is 0 Å². The lowest BCUT2D eigenvalue weighted by atomic mass is 10.0. The summed E-state index contributed by atoms with van der Waals surface area (Å²) in [6, 6.07) is 16.4. The van der Waals surface area contributed by atoms with E-state index in [0.29, 0.717) is 39.7 Å². The number of nitrogens with one attached hydrogen (secondary N) is 2. The van der Waals surface area contributed by atoms with Gasteiger partial charge in [-0.05, 0) is 79.7 Å². The minimum Gasteiger partial charge on any atom is -0.493 e. The van der Waals surface area contributed by atoms with Crippen LogP contribution in [0.3, 0.4) is 0 Å². The number of thiocarbonyl (C=S) groups is 1. The Morgan fingerprint density at radius 1 is 1.00 bits per heavy atom. The predicted molar refractivity (Wildman–Crippen MR) is 132 cm³/mol. The highest BCUT2D eigenvalue weighted by atomic mass is 32.1. The molecule has 3 aromatic carbocycles. The van der Waals surface area contributed by atoms with Gasteiger partial charge in [0.1, 0.15) is 5.52 Å². The molecule has 0 saturated carbocycles. The van der Waals surface area contributed by atoms with E-state index < -0.39 is 0 Å². The molecule has 4 rings (SSSR count). The van der Waals surface area contributed by atoms with E-state index in [0.717, 1.165) is 11.1 Å². The number of benzene rings is 3. The molecule has 0 aliphatic rings. The number of hydrogen-bond acceptors (Lipinski definition) is 6. The molecule has 0 saturated heterocycles. The van der Waals surface area contributed by atoms with Crippen LogP contribution >= 0.6 is 12.2 Å². The SMILES string of the molecule is COc1ccc(C(=O)NC(=S)Nc2ccc3oc(-c4cccc(C)c4C)nc3c2)cc1OC. The molecule has 7 nitrogen and oxygen atoms in total. The van der Waals surface area contributed by atoms with E-state index in [1.807, 2.05) is 37.3 Å². The zero-order chi connectivity index (χ0) is 23.5. The van der Waals surface area contributed by atoms with Crippen LogP contribution in [-0.2, 0) is 0 Å². The monoisotopic (exact) mass is 461 g/mol. The summed E-state index contributed by atoms with van der Waals surface area (Å²) < 4.78 is 16.4. The molecule has 0 aliphatic heterocycles. The van der Waals surface area contributed by atoms with Crippen molar-refractivity contribution in [3.05, 3.63) is 71.3 Å². The molecule has 0 fully saturated rings. The third kappa shape index (κ3) is 4.65. The number of anilines is 1. The summed E-state index contributed by atoms with van der Waals surface area (Å²) in [6.45, 7) is 4.10. The van der Waals surface area contributed by atoms with Crippen molar-refractivity contribution in [3.63, 3.8) is 0 Å². The van der Waals surface area contributed by atoms with Crippen molar-refractivity contribution in [3.8, 4) is 23.0 Å². The van der Waals surface area contributed by atoms with Crippen molar-refractivity contribution in [2.24, 2.45) is 0 Å². The van der Waals surface area contributed by atoms with Crippen molar-refractivity contribution < 1.29 is 18.7 Å². The maximum absolute atomic E-state index is 12.6. The van der Waals surface area contributed by atoms with Crippen LogP contribution in [0.5, 0.6) is 11.5 Å². The highest BCUT2D eigenvalue weighted by molar-refractivity contribution is 7.80. The molecular weight excluding hydrogens is 438 g/mol. The average Bonchev–Trinajstić information content (AvgIpc) is 3.23. The van der Waals surface area contributed by atoms with Crippen molar-refractivity contribution >= 4 is 40.0 Å². The summed E-state index contributed by atoms with van der Waals surface area (Å²) in [7, 11) is 3.05. The molecule has 1 aromatic heterocycles. The molecule has 4 aromatic rings. The molecule has 2 N–H and O–H groups in total. The molecule has 0 unspecified atom stereocenters. The number of amides is 1. The molecular formula is C25H23N3O4S. The minimum atomic E-state index is -0.367. The Bertz CT molecular complexity index is 1360. The predicted octanol–water partition coefficient (Wildman–Crippen LogP) is 5.26. The summed E-state index contributed by atoms with van der Waals surface area (Å²) in [6.07, 6.45) is 0. The normalized spacial score (nSPS) is 10.7. The van der Waals surface area contributed by atoms with Crippen molar-refractivity contribution in [2.75, 3.05) is 19.5 Å². The van der Waals surface area contributed by atoms with Crippen molar-refractivity contribution in [1.29, 1.82) is 0 Å². The highest BCUT2D eigenvalue weighted by Gasteiger charge is 2.14. The maximum Gasteiger partial charge on any atom is 0.257 e. The maximum atomic E-state index is 12.6. The van der Waals surface area contributed by atoms with Gasteiger partial charge in [0.15, 0.2) is 22.2 Å². The molecule has 8 heteroatoms. The van der Waals surface area contributed by atoms with Crippen LogP contribution in [0.4, 0.5) is 5.69 Å². The lowest BCUT2D eigenvalue weighted by molar-refractivity contribution is 0.0977. The summed E-state index contributed by atoms with van der Waals surface area (Å²) >= 11 is 5.32. The second-order valence-corrected chi connectivity index (χ2v) is 7.84. The molecule has 0 atom stereocenters. The number of rotatable bonds is 5. The zero-order valence-electron chi connectivity index (χ0n) is 18.7. The van der Waals surface area contributed by atoms with Gasteiger partial charge in [0, 0.05) is 16.8 Å². The van der Waals surface area contributed by atoms with Crippen LogP contribution in [-0.4, -0.2) is 30.2 Å². The number of aromatic nitrogens is 1. The van der Waals surface area contributed by atoms with Gasteiger partial charge in [-0.1, -0.05) is 12.1 Å². The van der Waals surface area contributed by atoms with Gasteiger partial charge in [-0.25, -0.2) is 4.98 Å². The molecule has 0 spiro atoms. The van der Waals surface area contributed by atoms with Crippen LogP contribution in [0.15, 0.2) is 59.0 Å². The second-order valence-electron chi connectivity index (χ2n) is 7.43. The Kier molecular flexibility index (Phi) is 6.28. The first-order valence-corrected chi connectivity index (χ1v) is 10.6. The second kappa shape index (κ2) is 9.30. The van der Waals surface area contributed by atoms with Gasteiger partial charge in [0.05, 0.1) is 14.2 Å². The molecule has 33 heavy (non-hydrogen) atoms. The van der Waals surface area contributed by atoms with Crippen LogP contribution in [0, 0.1) is 13.8 Å². The summed E-state index contributed by atoms with van der Waals surface area (Å²) in [5.74, 6) is 1.19. The first kappa shape index (κ1) is 22.3. The number of aryl methyl sites for hydroxylation is 1. The summed E-state index contributed by atoms with van der Waals surface area (Å²) in [4.78, 5) is 17.2. The summed E-state index contributed by atoms with van der Waals surface area (Å²) in [5.41, 5.74) is 5.68. The van der Waals surface area contributed by atoms with E-state index in [1.54, 1.807) is 18.2 Å². The molecule has 168 valence electrons. The number of carbonyl (C=O) groups is 1. The molecule has 1 heterocycles. The number of nitrogens with zero attached hydrogens (tertiary/aromatic N) is 1. The van der Waals surface area contributed by atoms with Gasteiger partial charge in [-0.15, -0.1) is 0 Å². The minimum absolute atomic E-state index is 0.160. The Balaban J connectivity index is 1.49. The quantitative estimate of drug-likeness (QED) is 0.392. The fourth-order valence-electron chi connectivity index (χ4n) is 3.42. The van der Waals surface area contributed by atoms with Gasteiger partial charge in [0.2, 0.25) is 5.89 Å². The first-order valence-electron chi connectivity index (χ1n) is 10.2. The topological polar surface area (TPSA) is 85.6 Å². The molecule has 0 bridgehead atoms. The van der Waals surface area contributed by atoms with E-state index >= 15 is 0 Å². The molecule has 0 aliphatic carbocycles. The van der Waals surface area contributed by atoms with Gasteiger partial charge in [-0.3, -0.25) is 10.1 Å². The Morgan fingerprint density at radius 3 is 2.55 bits per heavy atom. The molecule has 0 radical (unpaired) electrons. The van der Waals surface area contributed by atoms with E-state index in [2.05, 4.69) is 28.6 Å². The average molecular weight is 462 g/mol. The highest BCUT2D eigenvalue weighted by Crippen LogP contribution is 2.30. The summed E-state index contributed by atoms with van der Waals surface area (Å²) in [5, 5.41) is 5.84. The third-order valence-corrected chi connectivity index (χ3v) is 5.56. The van der Waals surface area contributed by atoms with E-state index in [1.165, 1.54) is 19.8 Å². The smallest absolute Gasteiger partial charge is 0.257 e. The van der Waals surface area contributed by atoms with Gasteiger partial charge in [-0.2, -0.15) is 0 Å². The number of oxazole rings is 1. The largest absolute Gasteiger partial charge is 0.493 e. The van der Waals surface area contributed by atoms with Crippen molar-refractivity contribution in [1.82, 2.24) is 10.3 Å². The van der Waals surface area contributed by atoms with Crippen LogP contribution in [0.1, 0.15) is 21.5 Å². The van der Waals surface area contributed by atoms with Crippen LogP contribution in [0.25, 0.3) is 22.6 Å². The lowest BCUT2D eigenvalue weighted by Gasteiger charge is -2.11. The third-order valence-electron chi connectivity index (χ3n) is 5.35. The lowest BCUT2D eigenvalue weighted by Crippen LogP contribution is -2.34. The Labute approximate surface area is 196 Å². The van der Waals surface area contributed by atoms with E-state index in [9.17, 15) is 4.79 Å². The first-order chi connectivity index (χ1) is 15.9. The number of hydrogen-bond donors (Lipinski definition) is 2. The number of methoxy groups -OCH3 is 2. The van der Waals surface area contributed by atoms with Gasteiger partial charge in [0.25, 0.3) is 5.91 Å². The number of fused-ring (bicyclic) bond motifs is 1. The van der Waals surface area contributed by atoms with Crippen molar-refractivity contribution in [2.45, 2.75) is 13.8 Å². The molecule has 1 amide bonds. The van der Waals surface area contributed by atoms with E-state index in [-0.39, 0.29) is 11.0 Å². The van der Waals surface area contributed by atoms with Gasteiger partial charge < -0.3 is 19.2 Å². The Hall–Kier alpha value is -3.91. The zero-order valence-corrected chi connectivity index (χ0v) is 19.5. The Morgan fingerprint density at radius 2 is 1.79 bits per heavy atom. The fourth-order valence-corrected chi connectivity index (χ4v) is 3.63. The van der Waals surface area contributed by atoms with E-state index in [4.69, 9.17) is 26.1 Å². The van der Waals surface area contributed by atoms with Gasteiger partial charge >= 0.3 is 0 Å². The number of ether oxygens (including phenoxy) is 2. The standard InChI is InChI=1S/C25H23N3O4S/c1-14-6-5-7-18(15(14)2)24-27-19-13-17(9-11-20(19)32-24)26-25(33)28-23(29)16-8-10-21(30-3)22(12-16)31-4/h5-13H,1-4H3,(H2,26,28,29,33). The number of carbonyl (C=O) groups excluding carboxylic acids is 1. The van der Waals surface area contributed by atoms with Crippen LogP contribution < -0.4 is 20.1 Å².